The minimum absolute atomic E-state index is 0.0906. The number of hydrogen-bond donors (Lipinski definition) is 1. The summed E-state index contributed by atoms with van der Waals surface area (Å²) < 4.78 is 28.1. The van der Waals surface area contributed by atoms with E-state index in [4.69, 9.17) is 11.6 Å². The third-order valence-corrected chi connectivity index (χ3v) is 7.33. The molecule has 0 aliphatic heterocycles. The second-order valence-corrected chi connectivity index (χ2v) is 10.4. The molecular formula is C26H28ClN3O3S. The molecule has 0 saturated carbocycles. The van der Waals surface area contributed by atoms with Crippen LogP contribution >= 0.6 is 11.6 Å². The smallest absolute Gasteiger partial charge is 0.264 e. The Hall–Kier alpha value is -3.16. The molecule has 34 heavy (non-hydrogen) atoms. The van der Waals surface area contributed by atoms with E-state index in [1.807, 2.05) is 44.2 Å². The Kier molecular flexibility index (Phi) is 8.47. The van der Waals surface area contributed by atoms with Crippen LogP contribution in [0.5, 0.6) is 0 Å². The molecular weight excluding hydrogens is 470 g/mol. The number of nitrogens with one attached hydrogen (secondary N) is 1. The zero-order valence-electron chi connectivity index (χ0n) is 19.5. The fraction of sp³-hybridized carbons (Fsp3) is 0.231. The van der Waals surface area contributed by atoms with Crippen molar-refractivity contribution in [1.82, 2.24) is 5.43 Å². The molecule has 6 nitrogen and oxygen atoms in total. The number of rotatable bonds is 9. The van der Waals surface area contributed by atoms with Crippen molar-refractivity contribution in [2.75, 3.05) is 10.8 Å². The molecule has 0 aromatic heterocycles. The molecule has 3 aromatic carbocycles. The van der Waals surface area contributed by atoms with E-state index in [1.54, 1.807) is 37.3 Å². The normalized spacial score (nSPS) is 11.8. The highest BCUT2D eigenvalue weighted by atomic mass is 35.5. The van der Waals surface area contributed by atoms with Crippen molar-refractivity contribution in [1.29, 1.82) is 0 Å². The van der Waals surface area contributed by atoms with Crippen LogP contribution in [0.25, 0.3) is 0 Å². The molecule has 1 amide bonds. The largest absolute Gasteiger partial charge is 0.271 e. The van der Waals surface area contributed by atoms with Crippen LogP contribution in [0.2, 0.25) is 5.02 Å². The summed E-state index contributed by atoms with van der Waals surface area (Å²) in [6, 6.07) is 21.4. The number of sulfonamides is 1. The maximum atomic E-state index is 13.5. The van der Waals surface area contributed by atoms with E-state index in [0.717, 1.165) is 22.0 Å². The Morgan fingerprint density at radius 1 is 1.00 bits per heavy atom. The van der Waals surface area contributed by atoms with Gasteiger partial charge in [-0.05, 0) is 69.0 Å². The monoisotopic (exact) mass is 497 g/mol. The van der Waals surface area contributed by atoms with Crippen LogP contribution in [-0.2, 0) is 21.2 Å². The maximum Gasteiger partial charge on any atom is 0.264 e. The number of hydrazone groups is 1. The number of benzene rings is 3. The summed E-state index contributed by atoms with van der Waals surface area (Å²) in [5.74, 6) is -0.547. The van der Waals surface area contributed by atoms with Crippen LogP contribution in [0.1, 0.15) is 30.0 Å². The molecule has 0 fully saturated rings. The number of nitrogens with zero attached hydrogens (tertiary/aromatic N) is 2. The second kappa shape index (κ2) is 11.3. The summed E-state index contributed by atoms with van der Waals surface area (Å²) in [5.41, 5.74) is 6.36. The predicted molar refractivity (Wildman–Crippen MR) is 138 cm³/mol. The molecule has 1 N–H and O–H groups in total. The standard InChI is InChI=1S/C26H28ClN3O3S/c1-19-9-15-24(16-10-19)34(32,33)30(25-17-23(27)14-11-20(25)2)18-26(31)29-28-21(3)12-13-22-7-5-4-6-8-22/h4-11,14-17H,12-13,18H2,1-3H3,(H,29,31)/b28-21-. The molecule has 0 radical (unpaired) electrons. The van der Waals surface area contributed by atoms with Crippen LogP contribution < -0.4 is 9.73 Å². The SMILES string of the molecule is C/C(CCc1ccccc1)=N/NC(=O)CN(c1cc(Cl)ccc1C)S(=O)(=O)c1ccc(C)cc1. The Morgan fingerprint density at radius 2 is 1.68 bits per heavy atom. The lowest BCUT2D eigenvalue weighted by Crippen LogP contribution is -2.40. The number of anilines is 1. The summed E-state index contributed by atoms with van der Waals surface area (Å²) in [4.78, 5) is 12.9. The van der Waals surface area contributed by atoms with Gasteiger partial charge in [-0.2, -0.15) is 5.10 Å². The van der Waals surface area contributed by atoms with E-state index >= 15 is 0 Å². The Bertz CT molecular complexity index is 1270. The van der Waals surface area contributed by atoms with Crippen molar-refractivity contribution in [3.63, 3.8) is 0 Å². The van der Waals surface area contributed by atoms with Gasteiger partial charge in [0.25, 0.3) is 15.9 Å². The van der Waals surface area contributed by atoms with Gasteiger partial charge >= 0.3 is 0 Å². The third-order valence-electron chi connectivity index (χ3n) is 5.33. The van der Waals surface area contributed by atoms with Gasteiger partial charge in [0, 0.05) is 10.7 Å². The Balaban J connectivity index is 1.80. The van der Waals surface area contributed by atoms with Gasteiger partial charge in [-0.3, -0.25) is 9.10 Å². The first-order valence-electron chi connectivity index (χ1n) is 10.9. The minimum atomic E-state index is -4.02. The van der Waals surface area contributed by atoms with E-state index in [0.29, 0.717) is 22.7 Å². The van der Waals surface area contributed by atoms with Crippen molar-refractivity contribution in [2.24, 2.45) is 5.10 Å². The number of carbonyl (C=O) groups is 1. The summed E-state index contributed by atoms with van der Waals surface area (Å²) in [6.07, 6.45) is 1.46. The zero-order chi connectivity index (χ0) is 24.7. The molecule has 178 valence electrons. The maximum absolute atomic E-state index is 13.5. The fourth-order valence-corrected chi connectivity index (χ4v) is 4.98. The number of amides is 1. The molecule has 0 aliphatic rings. The van der Waals surface area contributed by atoms with Gasteiger partial charge in [-0.25, -0.2) is 13.8 Å². The number of hydrogen-bond acceptors (Lipinski definition) is 4. The van der Waals surface area contributed by atoms with Gasteiger partial charge in [0.1, 0.15) is 6.54 Å². The first-order chi connectivity index (χ1) is 16.2. The second-order valence-electron chi connectivity index (χ2n) is 8.12. The lowest BCUT2D eigenvalue weighted by Gasteiger charge is -2.25. The molecule has 0 aliphatic carbocycles. The average molecular weight is 498 g/mol. The quantitative estimate of drug-likeness (QED) is 0.323. The zero-order valence-corrected chi connectivity index (χ0v) is 21.0. The summed E-state index contributed by atoms with van der Waals surface area (Å²) >= 11 is 6.16. The van der Waals surface area contributed by atoms with Crippen LogP contribution in [0, 0.1) is 13.8 Å². The Morgan fingerprint density at radius 3 is 2.35 bits per heavy atom. The number of aryl methyl sites for hydroxylation is 3. The third kappa shape index (κ3) is 6.68. The van der Waals surface area contributed by atoms with Gasteiger partial charge in [0.05, 0.1) is 10.6 Å². The van der Waals surface area contributed by atoms with Gasteiger partial charge in [0.2, 0.25) is 0 Å². The van der Waals surface area contributed by atoms with Gasteiger partial charge in [-0.1, -0.05) is 65.7 Å². The average Bonchev–Trinajstić information content (AvgIpc) is 2.82. The van der Waals surface area contributed by atoms with E-state index in [2.05, 4.69) is 10.5 Å². The van der Waals surface area contributed by atoms with E-state index in [-0.39, 0.29) is 4.90 Å². The topological polar surface area (TPSA) is 78.8 Å². The van der Waals surface area contributed by atoms with E-state index in [9.17, 15) is 13.2 Å². The molecule has 3 aromatic rings. The highest BCUT2D eigenvalue weighted by Gasteiger charge is 2.28. The summed E-state index contributed by atoms with van der Waals surface area (Å²) in [7, 11) is -4.02. The first kappa shape index (κ1) is 25.5. The van der Waals surface area contributed by atoms with Crippen molar-refractivity contribution >= 4 is 38.9 Å². The summed E-state index contributed by atoms with van der Waals surface area (Å²) in [6.45, 7) is 5.03. The fourth-order valence-electron chi connectivity index (χ4n) is 3.34. The first-order valence-corrected chi connectivity index (χ1v) is 12.7. The van der Waals surface area contributed by atoms with Crippen LogP contribution in [0.3, 0.4) is 0 Å². The van der Waals surface area contributed by atoms with Crippen LogP contribution in [0.15, 0.2) is 82.8 Å². The van der Waals surface area contributed by atoms with E-state index in [1.165, 1.54) is 17.7 Å². The van der Waals surface area contributed by atoms with Crippen LogP contribution in [-0.4, -0.2) is 26.6 Å². The highest BCUT2D eigenvalue weighted by molar-refractivity contribution is 7.92. The predicted octanol–water partition coefficient (Wildman–Crippen LogP) is 5.28. The minimum Gasteiger partial charge on any atom is -0.271 e. The van der Waals surface area contributed by atoms with Gasteiger partial charge in [-0.15, -0.1) is 0 Å². The molecule has 0 heterocycles. The number of carbonyl (C=O) groups excluding carboxylic acids is 1. The molecule has 0 bridgehead atoms. The Labute approximate surface area is 206 Å². The van der Waals surface area contributed by atoms with Gasteiger partial charge < -0.3 is 0 Å². The summed E-state index contributed by atoms with van der Waals surface area (Å²) in [5, 5.41) is 4.54. The molecule has 0 spiro atoms. The number of halogens is 1. The molecule has 3 rings (SSSR count). The molecule has 8 heteroatoms. The lowest BCUT2D eigenvalue weighted by molar-refractivity contribution is -0.119. The molecule has 0 unspecified atom stereocenters. The highest BCUT2D eigenvalue weighted by Crippen LogP contribution is 2.29. The van der Waals surface area contributed by atoms with Crippen molar-refractivity contribution in [2.45, 2.75) is 38.5 Å². The van der Waals surface area contributed by atoms with Gasteiger partial charge in [0.15, 0.2) is 0 Å². The van der Waals surface area contributed by atoms with Crippen molar-refractivity contribution < 1.29 is 13.2 Å². The van der Waals surface area contributed by atoms with Crippen molar-refractivity contribution in [3.05, 3.63) is 94.5 Å². The van der Waals surface area contributed by atoms with E-state index < -0.39 is 22.5 Å². The van der Waals surface area contributed by atoms with Crippen molar-refractivity contribution in [3.8, 4) is 0 Å². The molecule has 0 atom stereocenters. The van der Waals surface area contributed by atoms with Crippen LogP contribution in [0.4, 0.5) is 5.69 Å². The lowest BCUT2D eigenvalue weighted by atomic mass is 10.1. The molecule has 0 saturated heterocycles.